The monoisotopic (exact) mass is 542 g/mol. The molecule has 0 unspecified atom stereocenters. The first-order valence-corrected chi connectivity index (χ1v) is 15.3. The lowest BCUT2D eigenvalue weighted by atomic mass is 10.2. The van der Waals surface area contributed by atoms with Crippen LogP contribution in [0.5, 0.6) is 0 Å². The lowest BCUT2D eigenvalue weighted by Crippen LogP contribution is -2.30. The van der Waals surface area contributed by atoms with Crippen LogP contribution >= 0.6 is 0 Å². The van der Waals surface area contributed by atoms with E-state index in [1.807, 2.05) is 121 Å². The SMILES string of the molecule is O=S(=O)(CCCC(Nc1ccccc1)Nc1ccccc1)CCCC(Nc1ccccc1)Nc1ccccc1. The number of rotatable bonds is 16. The van der Waals surface area contributed by atoms with Gasteiger partial charge in [0.1, 0.15) is 9.84 Å². The molecule has 0 aromatic heterocycles. The van der Waals surface area contributed by atoms with Crippen molar-refractivity contribution < 1.29 is 8.42 Å². The van der Waals surface area contributed by atoms with Crippen LogP contribution in [0.2, 0.25) is 0 Å². The Morgan fingerprint density at radius 3 is 0.949 bits per heavy atom. The number of hydrogen-bond acceptors (Lipinski definition) is 6. The molecule has 0 fully saturated rings. The van der Waals surface area contributed by atoms with Gasteiger partial charge in [-0.1, -0.05) is 72.8 Å². The van der Waals surface area contributed by atoms with Crippen molar-refractivity contribution in [3.63, 3.8) is 0 Å². The van der Waals surface area contributed by atoms with Crippen LogP contribution in [0.1, 0.15) is 25.7 Å². The summed E-state index contributed by atoms with van der Waals surface area (Å²) in [5.41, 5.74) is 3.99. The van der Waals surface area contributed by atoms with Gasteiger partial charge in [0.25, 0.3) is 0 Å². The Morgan fingerprint density at radius 2 is 0.692 bits per heavy atom. The molecule has 7 heteroatoms. The highest BCUT2D eigenvalue weighted by Gasteiger charge is 2.16. The first-order valence-electron chi connectivity index (χ1n) is 13.5. The van der Waals surface area contributed by atoms with Crippen molar-refractivity contribution in [1.29, 1.82) is 0 Å². The Labute approximate surface area is 232 Å². The summed E-state index contributed by atoms with van der Waals surface area (Å²) in [7, 11) is -3.18. The summed E-state index contributed by atoms with van der Waals surface area (Å²) in [6.07, 6.45) is 2.33. The van der Waals surface area contributed by atoms with E-state index < -0.39 is 9.84 Å². The molecular weight excluding hydrogens is 504 g/mol. The van der Waals surface area contributed by atoms with Gasteiger partial charge < -0.3 is 21.3 Å². The Kier molecular flexibility index (Phi) is 10.7. The third kappa shape index (κ3) is 10.4. The molecule has 6 nitrogen and oxygen atoms in total. The average Bonchev–Trinajstić information content (AvgIpc) is 2.95. The molecule has 0 radical (unpaired) electrons. The Balaban J connectivity index is 1.28. The molecule has 4 aromatic rings. The molecule has 0 aliphatic carbocycles. The third-order valence-corrected chi connectivity index (χ3v) is 8.18. The van der Waals surface area contributed by atoms with Gasteiger partial charge in [-0.2, -0.15) is 0 Å². The predicted octanol–water partition coefficient (Wildman–Crippen LogP) is 7.06. The van der Waals surface area contributed by atoms with E-state index in [0.717, 1.165) is 22.7 Å². The van der Waals surface area contributed by atoms with E-state index in [-0.39, 0.29) is 23.8 Å². The van der Waals surface area contributed by atoms with Gasteiger partial charge in [-0.05, 0) is 74.2 Å². The lowest BCUT2D eigenvalue weighted by Gasteiger charge is -2.23. The lowest BCUT2D eigenvalue weighted by molar-refractivity contribution is 0.582. The molecule has 4 N–H and O–H groups in total. The number of hydrogen-bond donors (Lipinski definition) is 4. The highest BCUT2D eigenvalue weighted by molar-refractivity contribution is 7.91. The summed E-state index contributed by atoms with van der Waals surface area (Å²) in [6, 6.07) is 39.9. The smallest absolute Gasteiger partial charge is 0.150 e. The Morgan fingerprint density at radius 1 is 0.436 bits per heavy atom. The van der Waals surface area contributed by atoms with Gasteiger partial charge in [-0.25, -0.2) is 8.42 Å². The Hall–Kier alpha value is -3.97. The van der Waals surface area contributed by atoms with Crippen molar-refractivity contribution in [2.45, 2.75) is 38.0 Å². The first-order chi connectivity index (χ1) is 19.1. The van der Waals surface area contributed by atoms with E-state index in [1.165, 1.54) is 0 Å². The molecule has 0 aliphatic heterocycles. The molecule has 4 aromatic carbocycles. The average molecular weight is 543 g/mol. The van der Waals surface area contributed by atoms with Crippen molar-refractivity contribution >= 4 is 32.6 Å². The van der Waals surface area contributed by atoms with Crippen molar-refractivity contribution in [2.75, 3.05) is 32.8 Å². The zero-order valence-electron chi connectivity index (χ0n) is 22.2. The fourth-order valence-electron chi connectivity index (χ4n) is 4.42. The third-order valence-electron chi connectivity index (χ3n) is 6.36. The normalized spacial score (nSPS) is 11.3. The van der Waals surface area contributed by atoms with E-state index in [9.17, 15) is 8.42 Å². The van der Waals surface area contributed by atoms with Crippen LogP contribution in [0, 0.1) is 0 Å². The molecule has 4 rings (SSSR count). The fourth-order valence-corrected chi connectivity index (χ4v) is 5.84. The molecule has 0 atom stereocenters. The molecule has 204 valence electrons. The molecular formula is C32H38N4O2S. The number of anilines is 4. The van der Waals surface area contributed by atoms with Crippen LogP contribution in [-0.4, -0.2) is 32.3 Å². The predicted molar refractivity (Wildman–Crippen MR) is 165 cm³/mol. The van der Waals surface area contributed by atoms with Crippen LogP contribution in [-0.2, 0) is 9.84 Å². The van der Waals surface area contributed by atoms with E-state index in [2.05, 4.69) is 21.3 Å². The quantitative estimate of drug-likeness (QED) is 0.113. The van der Waals surface area contributed by atoms with Crippen LogP contribution in [0.15, 0.2) is 121 Å². The van der Waals surface area contributed by atoms with Gasteiger partial charge in [0.2, 0.25) is 0 Å². The summed E-state index contributed by atoms with van der Waals surface area (Å²) >= 11 is 0. The van der Waals surface area contributed by atoms with Crippen LogP contribution in [0.25, 0.3) is 0 Å². The van der Waals surface area contributed by atoms with Gasteiger partial charge in [0, 0.05) is 22.7 Å². The van der Waals surface area contributed by atoms with E-state index in [4.69, 9.17) is 0 Å². The largest absolute Gasteiger partial charge is 0.365 e. The highest BCUT2D eigenvalue weighted by atomic mass is 32.2. The van der Waals surface area contributed by atoms with E-state index >= 15 is 0 Å². The zero-order valence-corrected chi connectivity index (χ0v) is 23.0. The molecule has 0 spiro atoms. The van der Waals surface area contributed by atoms with Crippen molar-refractivity contribution in [2.24, 2.45) is 0 Å². The molecule has 0 saturated heterocycles. The molecule has 0 bridgehead atoms. The molecule has 0 saturated carbocycles. The number of nitrogens with one attached hydrogen (secondary N) is 4. The minimum absolute atomic E-state index is 0.0838. The fraction of sp³-hybridized carbons (Fsp3) is 0.250. The zero-order chi connectivity index (χ0) is 27.2. The molecule has 0 amide bonds. The summed E-state index contributed by atoms with van der Waals surface area (Å²) in [6.45, 7) is 0. The summed E-state index contributed by atoms with van der Waals surface area (Å²) < 4.78 is 25.9. The van der Waals surface area contributed by atoms with Crippen LogP contribution in [0.3, 0.4) is 0 Å². The summed E-state index contributed by atoms with van der Waals surface area (Å²) in [5.74, 6) is 0.332. The van der Waals surface area contributed by atoms with Crippen molar-refractivity contribution in [3.05, 3.63) is 121 Å². The number of para-hydroxylation sites is 4. The van der Waals surface area contributed by atoms with Gasteiger partial charge in [-0.15, -0.1) is 0 Å². The van der Waals surface area contributed by atoms with Crippen molar-refractivity contribution in [1.82, 2.24) is 0 Å². The molecule has 39 heavy (non-hydrogen) atoms. The second-order valence-electron chi connectivity index (χ2n) is 9.58. The molecule has 0 aliphatic rings. The summed E-state index contributed by atoms with van der Waals surface area (Å²) in [4.78, 5) is 0. The number of benzene rings is 4. The second kappa shape index (κ2) is 14.8. The van der Waals surface area contributed by atoms with Crippen LogP contribution < -0.4 is 21.3 Å². The second-order valence-corrected chi connectivity index (χ2v) is 11.9. The minimum atomic E-state index is -3.18. The maximum atomic E-state index is 12.9. The van der Waals surface area contributed by atoms with Gasteiger partial charge in [0.15, 0.2) is 0 Å². The maximum absolute atomic E-state index is 12.9. The van der Waals surface area contributed by atoms with Crippen LogP contribution in [0.4, 0.5) is 22.7 Å². The van der Waals surface area contributed by atoms with Gasteiger partial charge in [0.05, 0.1) is 23.8 Å². The maximum Gasteiger partial charge on any atom is 0.150 e. The topological polar surface area (TPSA) is 82.3 Å². The van der Waals surface area contributed by atoms with Crippen molar-refractivity contribution in [3.8, 4) is 0 Å². The first kappa shape index (κ1) is 28.0. The minimum Gasteiger partial charge on any atom is -0.365 e. The van der Waals surface area contributed by atoms with E-state index in [0.29, 0.717) is 25.7 Å². The van der Waals surface area contributed by atoms with Gasteiger partial charge in [-0.3, -0.25) is 0 Å². The number of sulfone groups is 1. The van der Waals surface area contributed by atoms with E-state index in [1.54, 1.807) is 0 Å². The van der Waals surface area contributed by atoms with Gasteiger partial charge >= 0.3 is 0 Å². The standard InChI is InChI=1S/C32H38N4O2S/c37-39(38,25-13-23-31(33-27-15-5-1-6-16-27)34-28-17-7-2-8-18-28)26-14-24-32(35-29-19-9-3-10-20-29)36-30-21-11-4-12-22-30/h1-12,15-22,31-36H,13-14,23-26H2. The Bertz CT molecular complexity index is 1140. The summed E-state index contributed by atoms with van der Waals surface area (Å²) in [5, 5.41) is 14.0. The molecule has 0 heterocycles. The highest BCUT2D eigenvalue weighted by Crippen LogP contribution is 2.17.